The lowest BCUT2D eigenvalue weighted by molar-refractivity contribution is 0.270. The summed E-state index contributed by atoms with van der Waals surface area (Å²) < 4.78 is 1.71. The zero-order chi connectivity index (χ0) is 9.26. The first kappa shape index (κ1) is 8.07. The summed E-state index contributed by atoms with van der Waals surface area (Å²) in [6.07, 6.45) is 1.89. The third kappa shape index (κ3) is 1.48. The number of nitrogens with two attached hydrogens (primary N) is 1. The zero-order valence-corrected chi connectivity index (χ0v) is 7.14. The van der Waals surface area contributed by atoms with Crippen molar-refractivity contribution in [2.45, 2.75) is 6.54 Å². The average Bonchev–Trinajstić information content (AvgIpc) is 2.46. The summed E-state index contributed by atoms with van der Waals surface area (Å²) in [5.41, 5.74) is 7.19. The Balaban J connectivity index is 2.49. The second kappa shape index (κ2) is 3.06. The summed E-state index contributed by atoms with van der Waals surface area (Å²) >= 11 is 0. The molecule has 68 valence electrons. The molecule has 0 fully saturated rings. The van der Waals surface area contributed by atoms with Crippen LogP contribution in [-0.2, 0) is 6.54 Å². The zero-order valence-electron chi connectivity index (χ0n) is 7.14. The Kier molecular flexibility index (Phi) is 1.90. The van der Waals surface area contributed by atoms with E-state index in [0.717, 1.165) is 10.9 Å². The number of fused-ring (bicyclic) bond motifs is 1. The quantitative estimate of drug-likeness (QED) is 0.660. The highest BCUT2D eigenvalue weighted by Crippen LogP contribution is 2.15. The van der Waals surface area contributed by atoms with Crippen LogP contribution in [0.25, 0.3) is 10.9 Å². The molecule has 0 aliphatic rings. The normalized spacial score (nSPS) is 10.8. The number of nitrogen functional groups attached to an aromatic ring is 1. The first-order valence-corrected chi connectivity index (χ1v) is 4.13. The minimum Gasteiger partial charge on any atom is -0.399 e. The van der Waals surface area contributed by atoms with Crippen LogP contribution < -0.4 is 5.73 Å². The fraction of sp³-hybridized carbons (Fsp3) is 0.222. The first-order chi connectivity index (χ1) is 6.29. The number of hydrogen-bond donors (Lipinski definition) is 2. The van der Waals surface area contributed by atoms with E-state index >= 15 is 0 Å². The minimum atomic E-state index is 0.101. The number of benzene rings is 1. The molecule has 0 bridgehead atoms. The van der Waals surface area contributed by atoms with Gasteiger partial charge in [0.2, 0.25) is 0 Å². The third-order valence-electron chi connectivity index (χ3n) is 1.91. The van der Waals surface area contributed by atoms with Gasteiger partial charge in [0, 0.05) is 17.3 Å². The molecule has 0 radical (unpaired) electrons. The molecule has 0 unspecified atom stereocenters. The van der Waals surface area contributed by atoms with Crippen LogP contribution in [0.5, 0.6) is 0 Å². The number of aliphatic hydroxyl groups excluding tert-OH is 1. The van der Waals surface area contributed by atoms with Gasteiger partial charge in [0.1, 0.15) is 0 Å². The highest BCUT2D eigenvalue weighted by Gasteiger charge is 1.99. The molecule has 4 nitrogen and oxygen atoms in total. The van der Waals surface area contributed by atoms with Crippen molar-refractivity contribution < 1.29 is 5.11 Å². The molecule has 3 N–H and O–H groups in total. The van der Waals surface area contributed by atoms with Crippen LogP contribution in [0.4, 0.5) is 5.69 Å². The van der Waals surface area contributed by atoms with E-state index in [2.05, 4.69) is 5.10 Å². The highest BCUT2D eigenvalue weighted by molar-refractivity contribution is 5.81. The average molecular weight is 177 g/mol. The van der Waals surface area contributed by atoms with Crippen LogP contribution in [0.3, 0.4) is 0 Å². The Morgan fingerprint density at radius 1 is 1.46 bits per heavy atom. The lowest BCUT2D eigenvalue weighted by Gasteiger charge is -1.93. The van der Waals surface area contributed by atoms with Crippen molar-refractivity contribution >= 4 is 16.6 Å². The summed E-state index contributed by atoms with van der Waals surface area (Å²) in [4.78, 5) is 0. The van der Waals surface area contributed by atoms with Crippen LogP contribution in [0, 0.1) is 0 Å². The van der Waals surface area contributed by atoms with E-state index in [1.54, 1.807) is 4.68 Å². The summed E-state index contributed by atoms with van der Waals surface area (Å²) in [5, 5.41) is 14.0. The Morgan fingerprint density at radius 3 is 3.08 bits per heavy atom. The van der Waals surface area contributed by atoms with Crippen LogP contribution >= 0.6 is 0 Å². The summed E-state index contributed by atoms with van der Waals surface area (Å²) in [7, 11) is 0. The summed E-state index contributed by atoms with van der Waals surface area (Å²) in [6, 6.07) is 5.59. The van der Waals surface area contributed by atoms with E-state index in [1.807, 2.05) is 24.4 Å². The van der Waals surface area contributed by atoms with Crippen molar-refractivity contribution in [3.05, 3.63) is 24.4 Å². The van der Waals surface area contributed by atoms with E-state index < -0.39 is 0 Å². The molecule has 0 aliphatic heterocycles. The van der Waals surface area contributed by atoms with Gasteiger partial charge in [-0.1, -0.05) is 0 Å². The predicted octanol–water partition coefficient (Wildman–Crippen LogP) is 0.611. The predicted molar refractivity (Wildman–Crippen MR) is 51.2 cm³/mol. The molecular weight excluding hydrogens is 166 g/mol. The molecular formula is C9H11N3O. The van der Waals surface area contributed by atoms with Gasteiger partial charge in [-0.15, -0.1) is 0 Å². The number of nitrogens with zero attached hydrogens (tertiary/aromatic N) is 2. The van der Waals surface area contributed by atoms with Crippen molar-refractivity contribution in [3.63, 3.8) is 0 Å². The molecule has 1 aromatic carbocycles. The summed E-state index contributed by atoms with van der Waals surface area (Å²) in [6.45, 7) is 0.623. The molecule has 0 aliphatic carbocycles. The molecule has 0 atom stereocenters. The minimum absolute atomic E-state index is 0.101. The number of aliphatic hydroxyl groups is 1. The van der Waals surface area contributed by atoms with Gasteiger partial charge in [-0.25, -0.2) is 0 Å². The van der Waals surface area contributed by atoms with Gasteiger partial charge in [-0.2, -0.15) is 5.10 Å². The van der Waals surface area contributed by atoms with Crippen molar-refractivity contribution in [1.29, 1.82) is 0 Å². The molecule has 2 rings (SSSR count). The van der Waals surface area contributed by atoms with E-state index in [-0.39, 0.29) is 6.61 Å². The molecule has 0 spiro atoms. The van der Waals surface area contributed by atoms with Gasteiger partial charge in [0.25, 0.3) is 0 Å². The maximum absolute atomic E-state index is 8.71. The van der Waals surface area contributed by atoms with Gasteiger partial charge in [-0.3, -0.25) is 4.68 Å². The second-order valence-corrected chi connectivity index (χ2v) is 2.93. The van der Waals surface area contributed by atoms with E-state index in [0.29, 0.717) is 12.2 Å². The van der Waals surface area contributed by atoms with Crippen LogP contribution in [0.1, 0.15) is 0 Å². The molecule has 4 heteroatoms. The maximum Gasteiger partial charge on any atom is 0.0943 e. The SMILES string of the molecule is Nc1ccc2cn(CCO)nc2c1. The fourth-order valence-corrected chi connectivity index (χ4v) is 1.30. The Labute approximate surface area is 75.6 Å². The lowest BCUT2D eigenvalue weighted by Crippen LogP contribution is -2.01. The highest BCUT2D eigenvalue weighted by atomic mass is 16.3. The first-order valence-electron chi connectivity index (χ1n) is 4.13. The second-order valence-electron chi connectivity index (χ2n) is 2.93. The number of rotatable bonds is 2. The maximum atomic E-state index is 8.71. The Bertz CT molecular complexity index is 422. The standard InChI is InChI=1S/C9H11N3O/c10-8-2-1-7-6-12(3-4-13)11-9(7)5-8/h1-2,5-6,13H,3-4,10H2. The topological polar surface area (TPSA) is 64.1 Å². The van der Waals surface area contributed by atoms with Crippen LogP contribution in [0.15, 0.2) is 24.4 Å². The number of anilines is 1. The molecule has 0 saturated carbocycles. The van der Waals surface area contributed by atoms with Gasteiger partial charge < -0.3 is 10.8 Å². The lowest BCUT2D eigenvalue weighted by atomic mass is 10.2. The molecule has 1 aromatic heterocycles. The van der Waals surface area contributed by atoms with Crippen molar-refractivity contribution in [3.8, 4) is 0 Å². The largest absolute Gasteiger partial charge is 0.399 e. The molecule has 0 saturated heterocycles. The molecule has 0 amide bonds. The molecule has 1 heterocycles. The Morgan fingerprint density at radius 2 is 2.31 bits per heavy atom. The van der Waals surface area contributed by atoms with Gasteiger partial charge in [0.05, 0.1) is 18.7 Å². The smallest absolute Gasteiger partial charge is 0.0943 e. The van der Waals surface area contributed by atoms with Crippen LogP contribution in [-0.4, -0.2) is 21.5 Å². The monoisotopic (exact) mass is 177 g/mol. The summed E-state index contributed by atoms with van der Waals surface area (Å²) in [5.74, 6) is 0. The van der Waals surface area contributed by atoms with Gasteiger partial charge >= 0.3 is 0 Å². The number of hydrogen-bond acceptors (Lipinski definition) is 3. The van der Waals surface area contributed by atoms with Gasteiger partial charge in [-0.05, 0) is 18.2 Å². The molecule has 13 heavy (non-hydrogen) atoms. The van der Waals surface area contributed by atoms with E-state index in [9.17, 15) is 0 Å². The van der Waals surface area contributed by atoms with E-state index in [4.69, 9.17) is 10.8 Å². The van der Waals surface area contributed by atoms with Crippen molar-refractivity contribution in [2.75, 3.05) is 12.3 Å². The van der Waals surface area contributed by atoms with Crippen molar-refractivity contribution in [2.24, 2.45) is 0 Å². The fourth-order valence-electron chi connectivity index (χ4n) is 1.30. The Hall–Kier alpha value is -1.55. The number of aromatic nitrogens is 2. The van der Waals surface area contributed by atoms with Crippen LogP contribution in [0.2, 0.25) is 0 Å². The van der Waals surface area contributed by atoms with Crippen molar-refractivity contribution in [1.82, 2.24) is 9.78 Å². The van der Waals surface area contributed by atoms with E-state index in [1.165, 1.54) is 0 Å². The third-order valence-corrected chi connectivity index (χ3v) is 1.91. The van der Waals surface area contributed by atoms with Gasteiger partial charge in [0.15, 0.2) is 0 Å². The molecule has 2 aromatic rings.